The number of likely N-dealkylation sites (tertiary alicyclic amines) is 1. The van der Waals surface area contributed by atoms with E-state index in [4.69, 9.17) is 5.11 Å². The zero-order valence-electron chi connectivity index (χ0n) is 11.1. The molecule has 1 aromatic carbocycles. The van der Waals surface area contributed by atoms with Crippen LogP contribution in [0.4, 0.5) is 23.7 Å². The predicted octanol–water partition coefficient (Wildman–Crippen LogP) is 2.27. The third-order valence-electron chi connectivity index (χ3n) is 3.23. The number of aliphatic hydroxyl groups is 1. The topological polar surface area (TPSA) is 61.8 Å². The first kappa shape index (κ1) is 15.4. The van der Waals surface area contributed by atoms with E-state index in [9.17, 15) is 18.0 Å². The molecule has 0 aromatic heterocycles. The number of amides is 2. The summed E-state index contributed by atoms with van der Waals surface area (Å²) in [5.41, 5.74) is 0.145. The molecule has 0 aliphatic carbocycles. The standard InChI is InChI=1S/C13H15F3N2O3/c14-10-5-9(1-2-11(10)21-12(15)16)17-13(20)18-4-3-8(6-18)7-19/h1-2,5,8,12,19H,3-4,6-7H2,(H,17,20). The summed E-state index contributed by atoms with van der Waals surface area (Å²) in [6.07, 6.45) is 0.708. The molecule has 0 saturated carbocycles. The number of carbonyl (C=O) groups is 1. The zero-order chi connectivity index (χ0) is 15.4. The van der Waals surface area contributed by atoms with Gasteiger partial charge in [0.1, 0.15) is 0 Å². The summed E-state index contributed by atoms with van der Waals surface area (Å²) in [7, 11) is 0. The van der Waals surface area contributed by atoms with Crippen molar-refractivity contribution in [3.8, 4) is 5.75 Å². The van der Waals surface area contributed by atoms with Crippen molar-refractivity contribution in [2.75, 3.05) is 25.0 Å². The molecular formula is C13H15F3N2O3. The molecule has 1 fully saturated rings. The van der Waals surface area contributed by atoms with E-state index < -0.39 is 24.2 Å². The highest BCUT2D eigenvalue weighted by molar-refractivity contribution is 5.89. The first-order valence-electron chi connectivity index (χ1n) is 6.40. The van der Waals surface area contributed by atoms with Gasteiger partial charge in [0, 0.05) is 37.4 Å². The van der Waals surface area contributed by atoms with Crippen molar-refractivity contribution in [1.29, 1.82) is 0 Å². The summed E-state index contributed by atoms with van der Waals surface area (Å²) in [6, 6.07) is 2.79. The van der Waals surface area contributed by atoms with Crippen LogP contribution in [0, 0.1) is 11.7 Å². The third-order valence-corrected chi connectivity index (χ3v) is 3.23. The molecule has 0 spiro atoms. The van der Waals surface area contributed by atoms with Crippen LogP contribution in [0.1, 0.15) is 6.42 Å². The van der Waals surface area contributed by atoms with Gasteiger partial charge in [0.2, 0.25) is 0 Å². The Morgan fingerprint density at radius 3 is 2.86 bits per heavy atom. The van der Waals surface area contributed by atoms with E-state index in [0.29, 0.717) is 19.5 Å². The molecule has 116 valence electrons. The Kier molecular flexibility index (Phi) is 4.89. The average Bonchev–Trinajstić information content (AvgIpc) is 2.90. The monoisotopic (exact) mass is 304 g/mol. The molecule has 1 aliphatic rings. The van der Waals surface area contributed by atoms with Gasteiger partial charge >= 0.3 is 12.6 Å². The number of nitrogens with one attached hydrogen (secondary N) is 1. The molecule has 0 bridgehead atoms. The number of aliphatic hydroxyl groups excluding tert-OH is 1. The lowest BCUT2D eigenvalue weighted by Gasteiger charge is -2.17. The number of halogens is 3. The first-order valence-corrected chi connectivity index (χ1v) is 6.40. The average molecular weight is 304 g/mol. The van der Waals surface area contributed by atoms with Gasteiger partial charge in [-0.3, -0.25) is 0 Å². The third kappa shape index (κ3) is 4.01. The fraction of sp³-hybridized carbons (Fsp3) is 0.462. The van der Waals surface area contributed by atoms with Crippen LogP contribution in [0.25, 0.3) is 0 Å². The van der Waals surface area contributed by atoms with Crippen LogP contribution >= 0.6 is 0 Å². The quantitative estimate of drug-likeness (QED) is 0.897. The predicted molar refractivity (Wildman–Crippen MR) is 68.8 cm³/mol. The highest BCUT2D eigenvalue weighted by atomic mass is 19.3. The summed E-state index contributed by atoms with van der Waals surface area (Å²) >= 11 is 0. The number of benzene rings is 1. The van der Waals surface area contributed by atoms with Gasteiger partial charge in [-0.15, -0.1) is 0 Å². The van der Waals surface area contributed by atoms with E-state index in [0.717, 1.165) is 12.1 Å². The maximum atomic E-state index is 13.5. The maximum Gasteiger partial charge on any atom is 0.387 e. The highest BCUT2D eigenvalue weighted by Gasteiger charge is 2.25. The van der Waals surface area contributed by atoms with E-state index in [1.54, 1.807) is 0 Å². The van der Waals surface area contributed by atoms with Gasteiger partial charge in [-0.1, -0.05) is 0 Å². The number of anilines is 1. The van der Waals surface area contributed by atoms with Gasteiger partial charge in [-0.05, 0) is 18.6 Å². The second kappa shape index (κ2) is 6.66. The minimum atomic E-state index is -3.11. The minimum Gasteiger partial charge on any atom is -0.432 e. The Balaban J connectivity index is 1.97. The molecule has 1 aliphatic heterocycles. The summed E-state index contributed by atoms with van der Waals surface area (Å²) in [5.74, 6) is -1.51. The maximum absolute atomic E-state index is 13.5. The Morgan fingerprint density at radius 2 is 2.29 bits per heavy atom. The largest absolute Gasteiger partial charge is 0.432 e. The molecule has 8 heteroatoms. The van der Waals surface area contributed by atoms with Gasteiger partial charge in [0.25, 0.3) is 0 Å². The van der Waals surface area contributed by atoms with E-state index >= 15 is 0 Å². The van der Waals surface area contributed by atoms with Crippen LogP contribution in [0.15, 0.2) is 18.2 Å². The molecule has 1 saturated heterocycles. The van der Waals surface area contributed by atoms with Gasteiger partial charge in [-0.25, -0.2) is 9.18 Å². The molecule has 2 rings (SSSR count). The first-order chi connectivity index (χ1) is 9.99. The second-order valence-electron chi connectivity index (χ2n) is 4.74. The number of carbonyl (C=O) groups excluding carboxylic acids is 1. The van der Waals surface area contributed by atoms with Crippen LogP contribution in [0.2, 0.25) is 0 Å². The number of ether oxygens (including phenoxy) is 1. The number of hydrogen-bond acceptors (Lipinski definition) is 3. The summed E-state index contributed by atoms with van der Waals surface area (Å²) < 4.78 is 41.5. The zero-order valence-corrected chi connectivity index (χ0v) is 11.1. The van der Waals surface area contributed by atoms with Crippen molar-refractivity contribution in [2.45, 2.75) is 13.0 Å². The van der Waals surface area contributed by atoms with Gasteiger partial charge < -0.3 is 20.1 Å². The van der Waals surface area contributed by atoms with Crippen molar-refractivity contribution in [3.63, 3.8) is 0 Å². The van der Waals surface area contributed by atoms with Gasteiger partial charge in [0.15, 0.2) is 11.6 Å². The van der Waals surface area contributed by atoms with Crippen molar-refractivity contribution in [2.24, 2.45) is 5.92 Å². The van der Waals surface area contributed by atoms with Crippen LogP contribution in [0.3, 0.4) is 0 Å². The molecule has 5 nitrogen and oxygen atoms in total. The van der Waals surface area contributed by atoms with Gasteiger partial charge in [-0.2, -0.15) is 8.78 Å². The van der Waals surface area contributed by atoms with Crippen molar-refractivity contribution in [1.82, 2.24) is 4.90 Å². The normalized spacial score (nSPS) is 18.1. The van der Waals surface area contributed by atoms with Crippen molar-refractivity contribution >= 4 is 11.7 Å². The lowest BCUT2D eigenvalue weighted by Crippen LogP contribution is -2.33. The lowest BCUT2D eigenvalue weighted by molar-refractivity contribution is -0.0521. The van der Waals surface area contributed by atoms with Crippen LogP contribution in [0.5, 0.6) is 5.75 Å². The summed E-state index contributed by atoms with van der Waals surface area (Å²) in [5, 5.41) is 11.5. The summed E-state index contributed by atoms with van der Waals surface area (Å²) in [4.78, 5) is 13.4. The van der Waals surface area contributed by atoms with Gasteiger partial charge in [0.05, 0.1) is 0 Å². The number of hydrogen-bond donors (Lipinski definition) is 2. The number of alkyl halides is 2. The van der Waals surface area contributed by atoms with Crippen LogP contribution in [-0.2, 0) is 0 Å². The van der Waals surface area contributed by atoms with Crippen LogP contribution < -0.4 is 10.1 Å². The van der Waals surface area contributed by atoms with Crippen molar-refractivity contribution < 1.29 is 27.8 Å². The lowest BCUT2D eigenvalue weighted by atomic mass is 10.1. The number of nitrogens with zero attached hydrogens (tertiary/aromatic N) is 1. The molecule has 0 radical (unpaired) electrons. The summed E-state index contributed by atoms with van der Waals surface area (Å²) in [6.45, 7) is -2.17. The molecule has 2 N–H and O–H groups in total. The molecule has 21 heavy (non-hydrogen) atoms. The van der Waals surface area contributed by atoms with E-state index in [1.165, 1.54) is 11.0 Å². The molecule has 1 unspecified atom stereocenters. The fourth-order valence-electron chi connectivity index (χ4n) is 2.14. The molecular weight excluding hydrogens is 289 g/mol. The van der Waals surface area contributed by atoms with E-state index in [2.05, 4.69) is 10.1 Å². The Morgan fingerprint density at radius 1 is 1.52 bits per heavy atom. The van der Waals surface area contributed by atoms with E-state index in [1.807, 2.05) is 0 Å². The minimum absolute atomic E-state index is 0.0120. The molecule has 1 heterocycles. The van der Waals surface area contributed by atoms with Crippen LogP contribution in [-0.4, -0.2) is 42.3 Å². The molecule has 1 atom stereocenters. The number of urea groups is 1. The SMILES string of the molecule is O=C(Nc1ccc(OC(F)F)c(F)c1)N1CCC(CO)C1. The smallest absolute Gasteiger partial charge is 0.387 e. The Bertz CT molecular complexity index is 513. The second-order valence-corrected chi connectivity index (χ2v) is 4.74. The number of rotatable bonds is 4. The highest BCUT2D eigenvalue weighted by Crippen LogP contribution is 2.23. The van der Waals surface area contributed by atoms with E-state index in [-0.39, 0.29) is 18.2 Å². The molecule has 2 amide bonds. The Hall–Kier alpha value is -1.96. The Labute approximate surface area is 119 Å². The molecule has 1 aromatic rings. The van der Waals surface area contributed by atoms with Crippen molar-refractivity contribution in [3.05, 3.63) is 24.0 Å². The fourth-order valence-corrected chi connectivity index (χ4v) is 2.14.